The molecule has 1 aromatic rings. The third-order valence-corrected chi connectivity index (χ3v) is 5.35. The Morgan fingerprint density at radius 2 is 2.05 bits per heavy atom. The minimum Gasteiger partial charge on any atom is -0.496 e. The van der Waals surface area contributed by atoms with Crippen LogP contribution in [0.1, 0.15) is 24.1 Å². The highest BCUT2D eigenvalue weighted by Crippen LogP contribution is 2.29. The van der Waals surface area contributed by atoms with Crippen molar-refractivity contribution in [3.63, 3.8) is 0 Å². The molecule has 1 aliphatic rings. The van der Waals surface area contributed by atoms with Crippen LogP contribution >= 0.6 is 0 Å². The van der Waals surface area contributed by atoms with Crippen LogP contribution in [0.3, 0.4) is 0 Å². The van der Waals surface area contributed by atoms with Gasteiger partial charge < -0.3 is 10.1 Å². The summed E-state index contributed by atoms with van der Waals surface area (Å²) in [6.07, 6.45) is 0. The largest absolute Gasteiger partial charge is 0.496 e. The smallest absolute Gasteiger partial charge is 0.152 e. The van der Waals surface area contributed by atoms with Gasteiger partial charge in [0.1, 0.15) is 5.75 Å². The molecule has 0 bridgehead atoms. The number of rotatable bonds is 2. The summed E-state index contributed by atoms with van der Waals surface area (Å²) in [6, 6.07) is 5.68. The lowest BCUT2D eigenvalue weighted by atomic mass is 10.0. The number of sulfone groups is 1. The van der Waals surface area contributed by atoms with E-state index in [4.69, 9.17) is 4.74 Å². The number of ether oxygens (including phenoxy) is 1. The number of nitrogens with one attached hydrogen (secondary N) is 1. The highest BCUT2D eigenvalue weighted by Gasteiger charge is 2.28. The lowest BCUT2D eigenvalue weighted by Gasteiger charge is -2.19. The van der Waals surface area contributed by atoms with E-state index in [-0.39, 0.29) is 23.5 Å². The van der Waals surface area contributed by atoms with Crippen LogP contribution < -0.4 is 10.1 Å². The third kappa shape index (κ3) is 3.48. The van der Waals surface area contributed by atoms with Crippen LogP contribution in [-0.4, -0.2) is 33.6 Å². The van der Waals surface area contributed by atoms with Crippen LogP contribution in [0.15, 0.2) is 18.2 Å². The van der Waals surface area contributed by atoms with Crippen molar-refractivity contribution in [1.82, 2.24) is 5.32 Å². The number of benzene rings is 1. The van der Waals surface area contributed by atoms with Gasteiger partial charge >= 0.3 is 0 Å². The highest BCUT2D eigenvalue weighted by atomic mass is 32.2. The second-order valence-corrected chi connectivity index (χ2v) is 7.54. The molecule has 2 rings (SSSR count). The van der Waals surface area contributed by atoms with E-state index in [0.717, 1.165) is 16.9 Å². The predicted octanol–water partition coefficient (Wildman–Crippen LogP) is 1.70. The van der Waals surface area contributed by atoms with Crippen molar-refractivity contribution >= 4 is 9.84 Å². The van der Waals surface area contributed by atoms with Crippen molar-refractivity contribution in [3.8, 4) is 5.75 Å². The summed E-state index contributed by atoms with van der Waals surface area (Å²) in [6.45, 7) is 4.66. The second kappa shape index (κ2) is 5.51. The van der Waals surface area contributed by atoms with E-state index in [0.29, 0.717) is 6.54 Å². The Bertz CT molecular complexity index is 554. The van der Waals surface area contributed by atoms with Gasteiger partial charge in [-0.05, 0) is 25.5 Å². The van der Waals surface area contributed by atoms with Crippen LogP contribution in [-0.2, 0) is 9.84 Å². The first-order chi connectivity index (χ1) is 8.91. The summed E-state index contributed by atoms with van der Waals surface area (Å²) in [5, 5.41) is 3.35. The fourth-order valence-corrected chi connectivity index (χ4v) is 4.47. The topological polar surface area (TPSA) is 55.4 Å². The van der Waals surface area contributed by atoms with Gasteiger partial charge in [-0.15, -0.1) is 0 Å². The molecule has 1 N–H and O–H groups in total. The fraction of sp³-hybridized carbons (Fsp3) is 0.571. The zero-order chi connectivity index (χ0) is 14.0. The van der Waals surface area contributed by atoms with E-state index >= 15 is 0 Å². The van der Waals surface area contributed by atoms with Crippen LogP contribution in [0.2, 0.25) is 0 Å². The number of hydrogen-bond donors (Lipinski definition) is 1. The zero-order valence-electron chi connectivity index (χ0n) is 11.6. The molecule has 0 spiro atoms. The van der Waals surface area contributed by atoms with Crippen LogP contribution in [0, 0.1) is 12.8 Å². The van der Waals surface area contributed by atoms with E-state index in [1.54, 1.807) is 7.11 Å². The number of aryl methyl sites for hydroxylation is 1. The normalized spacial score (nSPS) is 26.7. The molecule has 0 aliphatic carbocycles. The summed E-state index contributed by atoms with van der Waals surface area (Å²) >= 11 is 0. The molecule has 0 saturated carbocycles. The minimum atomic E-state index is -3.02. The van der Waals surface area contributed by atoms with Gasteiger partial charge in [-0.25, -0.2) is 8.42 Å². The second-order valence-electron chi connectivity index (χ2n) is 5.39. The van der Waals surface area contributed by atoms with E-state index in [2.05, 4.69) is 5.32 Å². The first-order valence-electron chi connectivity index (χ1n) is 6.49. The van der Waals surface area contributed by atoms with Gasteiger partial charge in [-0.2, -0.15) is 0 Å². The Labute approximate surface area is 115 Å². The average Bonchev–Trinajstić information content (AvgIpc) is 2.46. The first kappa shape index (κ1) is 14.3. The number of methoxy groups -OCH3 is 1. The summed E-state index contributed by atoms with van der Waals surface area (Å²) < 4.78 is 29.5. The molecule has 2 atom stereocenters. The SMILES string of the molecule is COc1ccc(C)cc1C1CS(=O)(=O)CC(C)CN1. The summed E-state index contributed by atoms with van der Waals surface area (Å²) in [7, 11) is -1.41. The van der Waals surface area contributed by atoms with E-state index < -0.39 is 9.84 Å². The van der Waals surface area contributed by atoms with Gasteiger partial charge in [0.2, 0.25) is 0 Å². The molecule has 0 aromatic heterocycles. The van der Waals surface area contributed by atoms with Crippen molar-refractivity contribution in [1.29, 1.82) is 0 Å². The van der Waals surface area contributed by atoms with Crippen LogP contribution in [0.4, 0.5) is 0 Å². The maximum absolute atomic E-state index is 12.1. The van der Waals surface area contributed by atoms with Crippen molar-refractivity contribution in [2.45, 2.75) is 19.9 Å². The average molecular weight is 283 g/mol. The van der Waals surface area contributed by atoms with E-state index in [1.165, 1.54) is 0 Å². The molecule has 19 heavy (non-hydrogen) atoms. The lowest BCUT2D eigenvalue weighted by molar-refractivity contribution is 0.400. The predicted molar refractivity (Wildman–Crippen MR) is 76.3 cm³/mol. The quantitative estimate of drug-likeness (QED) is 0.897. The maximum Gasteiger partial charge on any atom is 0.152 e. The minimum absolute atomic E-state index is 0.136. The summed E-state index contributed by atoms with van der Waals surface area (Å²) in [5.74, 6) is 1.28. The van der Waals surface area contributed by atoms with Crippen molar-refractivity contribution in [3.05, 3.63) is 29.3 Å². The first-order valence-corrected chi connectivity index (χ1v) is 8.32. The van der Waals surface area contributed by atoms with Crippen molar-refractivity contribution in [2.75, 3.05) is 25.2 Å². The number of hydrogen-bond acceptors (Lipinski definition) is 4. The Balaban J connectivity index is 2.37. The van der Waals surface area contributed by atoms with Gasteiger partial charge in [-0.3, -0.25) is 0 Å². The molecule has 1 aliphatic heterocycles. The van der Waals surface area contributed by atoms with Gasteiger partial charge in [0.05, 0.1) is 18.6 Å². The molecule has 1 fully saturated rings. The van der Waals surface area contributed by atoms with E-state index in [1.807, 2.05) is 32.0 Å². The molecule has 106 valence electrons. The van der Waals surface area contributed by atoms with Gasteiger partial charge in [-0.1, -0.05) is 24.6 Å². The highest BCUT2D eigenvalue weighted by molar-refractivity contribution is 7.91. The fourth-order valence-electron chi connectivity index (χ4n) is 2.54. The Kier molecular flexibility index (Phi) is 4.16. The monoisotopic (exact) mass is 283 g/mol. The third-order valence-electron chi connectivity index (χ3n) is 3.43. The molecular formula is C14H21NO3S. The maximum atomic E-state index is 12.1. The Morgan fingerprint density at radius 1 is 1.32 bits per heavy atom. The van der Waals surface area contributed by atoms with Crippen LogP contribution in [0.5, 0.6) is 5.75 Å². The summed E-state index contributed by atoms with van der Waals surface area (Å²) in [4.78, 5) is 0. The molecule has 1 saturated heterocycles. The summed E-state index contributed by atoms with van der Waals surface area (Å²) in [5.41, 5.74) is 2.03. The van der Waals surface area contributed by atoms with Crippen molar-refractivity contribution in [2.24, 2.45) is 5.92 Å². The van der Waals surface area contributed by atoms with Gasteiger partial charge in [0.15, 0.2) is 9.84 Å². The molecule has 0 amide bonds. The molecule has 5 heteroatoms. The van der Waals surface area contributed by atoms with Gasteiger partial charge in [0, 0.05) is 11.6 Å². The molecule has 1 aromatic carbocycles. The molecular weight excluding hydrogens is 262 g/mol. The molecule has 2 unspecified atom stereocenters. The van der Waals surface area contributed by atoms with Crippen molar-refractivity contribution < 1.29 is 13.2 Å². The molecule has 1 heterocycles. The van der Waals surface area contributed by atoms with E-state index in [9.17, 15) is 8.42 Å². The Hall–Kier alpha value is -1.07. The van der Waals surface area contributed by atoms with Gasteiger partial charge in [0.25, 0.3) is 0 Å². The lowest BCUT2D eigenvalue weighted by Crippen LogP contribution is -2.26. The molecule has 0 radical (unpaired) electrons. The molecule has 4 nitrogen and oxygen atoms in total. The van der Waals surface area contributed by atoms with Crippen LogP contribution in [0.25, 0.3) is 0 Å². The zero-order valence-corrected chi connectivity index (χ0v) is 12.5. The Morgan fingerprint density at radius 3 is 2.74 bits per heavy atom. The standard InChI is InChI=1S/C14H21NO3S/c1-10-4-5-14(18-3)12(6-10)13-9-19(16,17)8-11(2)7-15-13/h4-6,11,13,15H,7-9H2,1-3H3.